The average Bonchev–Trinajstić information content (AvgIpc) is 3.39. The lowest BCUT2D eigenvalue weighted by molar-refractivity contribution is 0.594. The van der Waals surface area contributed by atoms with Gasteiger partial charge in [0.2, 0.25) is 9.84 Å². The molecule has 4 aromatic rings. The van der Waals surface area contributed by atoms with Crippen LogP contribution in [0.2, 0.25) is 0 Å². The van der Waals surface area contributed by atoms with E-state index in [0.717, 1.165) is 34.5 Å². The minimum Gasteiger partial charge on any atom is -0.290 e. The van der Waals surface area contributed by atoms with Crippen LogP contribution in [0.15, 0.2) is 153 Å². The van der Waals surface area contributed by atoms with Gasteiger partial charge in [0.05, 0.1) is 21.6 Å². The molecule has 2 heterocycles. The molecule has 0 fully saturated rings. The molecule has 1 atom stereocenters. The lowest BCUT2D eigenvalue weighted by Crippen LogP contribution is -2.23. The van der Waals surface area contributed by atoms with Crippen molar-refractivity contribution in [1.82, 2.24) is 9.55 Å². The lowest BCUT2D eigenvalue weighted by atomic mass is 9.66. The molecule has 3 aromatic carbocycles. The van der Waals surface area contributed by atoms with Crippen LogP contribution in [0.25, 0.3) is 33.7 Å². The zero-order valence-corrected chi connectivity index (χ0v) is 22.2. The molecule has 1 unspecified atom stereocenters. The molecular formula is C35H22N2O2S. The number of nitrogens with zero attached hydrogens (tertiary/aromatic N) is 2. The summed E-state index contributed by atoms with van der Waals surface area (Å²) in [6.07, 6.45) is 18.3. The van der Waals surface area contributed by atoms with E-state index < -0.39 is 9.84 Å². The van der Waals surface area contributed by atoms with Gasteiger partial charge in [0.25, 0.3) is 0 Å². The summed E-state index contributed by atoms with van der Waals surface area (Å²) in [7, 11) is -3.84. The van der Waals surface area contributed by atoms with Gasteiger partial charge in [-0.15, -0.1) is 0 Å². The standard InChI is InChI=1S/C35H22N2O2S/c38-40(39)30-17-7-15-28-33(30)37(35(36-28)23-8-2-1-3-9-23)29-16-6-14-26(34(29)40)27-20-24-12-4-10-21-18-19-22-11-5-13-25(27)32(22)31(21)24/h1-11,13-20,32H,12H2. The maximum atomic E-state index is 14.5. The second-order valence-electron chi connectivity index (χ2n) is 10.7. The van der Waals surface area contributed by atoms with Gasteiger partial charge in [-0.1, -0.05) is 97.1 Å². The molecule has 5 aliphatic rings. The van der Waals surface area contributed by atoms with Crippen LogP contribution < -0.4 is 0 Å². The number of sulfone groups is 1. The SMILES string of the molecule is O=S1(=O)c2c(C3=C4C=CC=C5C=CC6=C(C(=C3)CC=C6)C54)cccc2-n2c(-c3ccccc3)nc3cccc1c32. The summed E-state index contributed by atoms with van der Waals surface area (Å²) in [6, 6.07) is 21.2. The minimum atomic E-state index is -3.84. The van der Waals surface area contributed by atoms with Gasteiger partial charge in [0, 0.05) is 17.0 Å². The number of fused-ring (bicyclic) bond motifs is 2. The number of hydrogen-bond donors (Lipinski definition) is 0. The third kappa shape index (κ3) is 2.75. The van der Waals surface area contributed by atoms with Crippen molar-refractivity contribution in [2.24, 2.45) is 5.92 Å². The molecular weight excluding hydrogens is 512 g/mol. The molecule has 1 aliphatic heterocycles. The number of aromatic nitrogens is 2. The van der Waals surface area contributed by atoms with Gasteiger partial charge in [-0.25, -0.2) is 13.4 Å². The quantitative estimate of drug-likeness (QED) is 0.236. The first-order chi connectivity index (χ1) is 19.6. The zero-order chi connectivity index (χ0) is 26.6. The van der Waals surface area contributed by atoms with E-state index in [0.29, 0.717) is 26.5 Å². The predicted octanol–water partition coefficient (Wildman–Crippen LogP) is 7.47. The van der Waals surface area contributed by atoms with Crippen LogP contribution in [-0.2, 0) is 9.84 Å². The molecule has 0 spiro atoms. The van der Waals surface area contributed by atoms with Crippen LogP contribution in [0.5, 0.6) is 0 Å². The van der Waals surface area contributed by atoms with Gasteiger partial charge in [-0.3, -0.25) is 4.57 Å². The minimum absolute atomic E-state index is 0.110. The van der Waals surface area contributed by atoms with Gasteiger partial charge >= 0.3 is 0 Å². The predicted molar refractivity (Wildman–Crippen MR) is 158 cm³/mol. The monoisotopic (exact) mass is 534 g/mol. The Labute approximate surface area is 231 Å². The highest BCUT2D eigenvalue weighted by atomic mass is 32.2. The summed E-state index contributed by atoms with van der Waals surface area (Å²) in [5, 5.41) is 0. The Kier molecular flexibility index (Phi) is 4.24. The molecule has 5 heteroatoms. The highest BCUT2D eigenvalue weighted by Crippen LogP contribution is 2.52. The largest absolute Gasteiger partial charge is 0.290 e. The van der Waals surface area contributed by atoms with Gasteiger partial charge < -0.3 is 0 Å². The van der Waals surface area contributed by atoms with E-state index in [4.69, 9.17) is 4.98 Å². The van der Waals surface area contributed by atoms with Gasteiger partial charge in [-0.2, -0.15) is 0 Å². The molecule has 0 N–H and O–H groups in total. The summed E-state index contributed by atoms with van der Waals surface area (Å²) >= 11 is 0. The molecule has 0 saturated carbocycles. The van der Waals surface area contributed by atoms with E-state index in [2.05, 4.69) is 48.6 Å². The molecule has 0 saturated heterocycles. The molecule has 0 radical (unpaired) electrons. The number of para-hydroxylation sites is 1. The average molecular weight is 535 g/mol. The molecule has 0 bridgehead atoms. The second kappa shape index (κ2) is 7.68. The van der Waals surface area contributed by atoms with Crippen molar-refractivity contribution >= 4 is 26.4 Å². The maximum absolute atomic E-state index is 14.5. The van der Waals surface area contributed by atoms with Crippen LogP contribution >= 0.6 is 0 Å². The van der Waals surface area contributed by atoms with E-state index in [1.54, 1.807) is 12.1 Å². The molecule has 4 nitrogen and oxygen atoms in total. The van der Waals surface area contributed by atoms with Crippen LogP contribution in [0.3, 0.4) is 0 Å². The molecule has 1 aromatic heterocycles. The summed E-state index contributed by atoms with van der Waals surface area (Å²) in [6.45, 7) is 0. The second-order valence-corrected chi connectivity index (χ2v) is 12.6. The Morgan fingerprint density at radius 3 is 2.65 bits per heavy atom. The summed E-state index contributed by atoms with van der Waals surface area (Å²) in [5.74, 6) is 0.850. The third-order valence-electron chi connectivity index (χ3n) is 8.63. The maximum Gasteiger partial charge on any atom is 0.211 e. The van der Waals surface area contributed by atoms with E-state index >= 15 is 0 Å². The van der Waals surface area contributed by atoms with Gasteiger partial charge in [0.15, 0.2) is 0 Å². The number of hydrogen-bond acceptors (Lipinski definition) is 3. The first-order valence-electron chi connectivity index (χ1n) is 13.5. The van der Waals surface area contributed by atoms with Crippen molar-refractivity contribution in [3.8, 4) is 17.1 Å². The van der Waals surface area contributed by atoms with Crippen molar-refractivity contribution in [3.63, 3.8) is 0 Å². The van der Waals surface area contributed by atoms with Crippen LogP contribution in [0.4, 0.5) is 0 Å². The zero-order valence-electron chi connectivity index (χ0n) is 21.4. The van der Waals surface area contributed by atoms with Gasteiger partial charge in [0.1, 0.15) is 10.7 Å². The van der Waals surface area contributed by atoms with Crippen molar-refractivity contribution in [3.05, 3.63) is 149 Å². The Balaban J connectivity index is 1.38. The molecule has 4 aliphatic carbocycles. The lowest BCUT2D eigenvalue weighted by Gasteiger charge is -2.37. The summed E-state index contributed by atoms with van der Waals surface area (Å²) < 4.78 is 31.1. The number of allylic oxidation sites excluding steroid dienone is 14. The fourth-order valence-corrected chi connectivity index (χ4v) is 8.83. The smallest absolute Gasteiger partial charge is 0.211 e. The van der Waals surface area contributed by atoms with E-state index in [-0.39, 0.29) is 5.92 Å². The Hall–Kier alpha value is -4.74. The van der Waals surface area contributed by atoms with Crippen molar-refractivity contribution in [1.29, 1.82) is 0 Å². The fourth-order valence-electron chi connectivity index (χ4n) is 7.00. The molecule has 190 valence electrons. The van der Waals surface area contributed by atoms with Crippen LogP contribution in [0.1, 0.15) is 12.0 Å². The van der Waals surface area contributed by atoms with E-state index in [9.17, 15) is 8.42 Å². The normalized spacial score (nSPS) is 20.9. The summed E-state index contributed by atoms with van der Waals surface area (Å²) in [5.41, 5.74) is 10.9. The highest BCUT2D eigenvalue weighted by molar-refractivity contribution is 7.92. The molecule has 0 amide bonds. The molecule has 9 rings (SSSR count). The number of rotatable bonds is 2. The van der Waals surface area contributed by atoms with E-state index in [1.807, 2.05) is 59.2 Å². The van der Waals surface area contributed by atoms with Crippen molar-refractivity contribution in [2.75, 3.05) is 0 Å². The number of benzene rings is 3. The topological polar surface area (TPSA) is 52.0 Å². The van der Waals surface area contributed by atoms with Crippen LogP contribution in [0, 0.1) is 5.92 Å². The van der Waals surface area contributed by atoms with Crippen LogP contribution in [-0.4, -0.2) is 18.0 Å². The highest BCUT2D eigenvalue weighted by Gasteiger charge is 2.39. The Bertz CT molecular complexity index is 2180. The van der Waals surface area contributed by atoms with Crippen molar-refractivity contribution < 1.29 is 8.42 Å². The van der Waals surface area contributed by atoms with E-state index in [1.165, 1.54) is 22.3 Å². The third-order valence-corrected chi connectivity index (χ3v) is 10.5. The fraction of sp³-hybridized carbons (Fsp3) is 0.0571. The first kappa shape index (κ1) is 22.1. The first-order valence-corrected chi connectivity index (χ1v) is 15.0. The Morgan fingerprint density at radius 2 is 1.75 bits per heavy atom. The molecule has 40 heavy (non-hydrogen) atoms. The Morgan fingerprint density at radius 1 is 0.875 bits per heavy atom. The van der Waals surface area contributed by atoms with Gasteiger partial charge in [-0.05, 0) is 58.1 Å². The summed E-state index contributed by atoms with van der Waals surface area (Å²) in [4.78, 5) is 5.59. The van der Waals surface area contributed by atoms with Crippen molar-refractivity contribution in [2.45, 2.75) is 16.2 Å². The number of imidazole rings is 1.